The van der Waals surface area contributed by atoms with Gasteiger partial charge in [-0.05, 0) is 30.5 Å². The van der Waals surface area contributed by atoms with E-state index in [4.69, 9.17) is 22.1 Å². The molecule has 1 saturated heterocycles. The molecule has 3 rings (SSSR count). The molecule has 0 bridgehead atoms. The van der Waals surface area contributed by atoms with E-state index in [2.05, 4.69) is 10.3 Å². The molecule has 0 saturated carbocycles. The second-order valence-corrected chi connectivity index (χ2v) is 9.19. The Morgan fingerprint density at radius 2 is 2.13 bits per heavy atom. The smallest absolute Gasteiger partial charge is 0.267 e. The lowest BCUT2D eigenvalue weighted by molar-refractivity contribution is -0.122. The first-order valence-corrected chi connectivity index (χ1v) is 11.3. The number of carbonyl (C=O) groups excluding carboxylic acids is 1. The molecule has 10 heteroatoms. The summed E-state index contributed by atoms with van der Waals surface area (Å²) in [7, 11) is 0. The largest absolute Gasteiger partial charge is 0.394 e. The van der Waals surface area contributed by atoms with Gasteiger partial charge in [0, 0.05) is 19.3 Å². The third kappa shape index (κ3) is 5.32. The molecule has 0 aromatic carbocycles. The molecule has 3 heterocycles. The van der Waals surface area contributed by atoms with E-state index in [9.17, 15) is 9.59 Å². The Bertz CT molecular complexity index is 1080. The quantitative estimate of drug-likeness (QED) is 0.333. The van der Waals surface area contributed by atoms with Crippen molar-refractivity contribution in [2.24, 2.45) is 5.92 Å². The Balaban J connectivity index is 2.01. The summed E-state index contributed by atoms with van der Waals surface area (Å²) in [5, 5.41) is 12.0. The molecule has 2 aromatic heterocycles. The van der Waals surface area contributed by atoms with Crippen LogP contribution >= 0.6 is 24.0 Å². The highest BCUT2D eigenvalue weighted by molar-refractivity contribution is 8.26. The van der Waals surface area contributed by atoms with Crippen LogP contribution in [0, 0.1) is 12.8 Å². The lowest BCUT2D eigenvalue weighted by atomic mass is 10.2. The number of aliphatic hydroxyl groups is 1. The van der Waals surface area contributed by atoms with Crippen LogP contribution < -0.4 is 10.9 Å². The van der Waals surface area contributed by atoms with Crippen molar-refractivity contribution in [1.29, 1.82) is 0 Å². The number of nitrogens with zero attached hydrogens (tertiary/aromatic N) is 3. The Hall–Kier alpha value is -2.27. The fraction of sp³-hybridized carbons (Fsp3) is 0.429. The third-order valence-corrected chi connectivity index (χ3v) is 5.93. The van der Waals surface area contributed by atoms with Crippen molar-refractivity contribution >= 4 is 51.7 Å². The van der Waals surface area contributed by atoms with Crippen LogP contribution in [0.3, 0.4) is 0 Å². The average Bonchev–Trinajstić information content (AvgIpc) is 2.98. The van der Waals surface area contributed by atoms with Gasteiger partial charge in [0.05, 0.1) is 30.3 Å². The van der Waals surface area contributed by atoms with Crippen LogP contribution in [0.2, 0.25) is 0 Å². The first kappa shape index (κ1) is 23.4. The summed E-state index contributed by atoms with van der Waals surface area (Å²) < 4.78 is 7.24. The molecule has 0 aliphatic carbocycles. The van der Waals surface area contributed by atoms with Crippen LogP contribution in [-0.2, 0) is 9.53 Å². The summed E-state index contributed by atoms with van der Waals surface area (Å²) >= 11 is 6.57. The van der Waals surface area contributed by atoms with Gasteiger partial charge in [-0.3, -0.25) is 18.9 Å². The maximum absolute atomic E-state index is 13.3. The van der Waals surface area contributed by atoms with Crippen LogP contribution in [0.5, 0.6) is 0 Å². The first-order chi connectivity index (χ1) is 14.8. The average molecular weight is 463 g/mol. The number of rotatable bonds is 9. The van der Waals surface area contributed by atoms with Crippen molar-refractivity contribution < 1.29 is 14.6 Å². The highest BCUT2D eigenvalue weighted by Crippen LogP contribution is 2.33. The predicted octanol–water partition coefficient (Wildman–Crippen LogP) is 2.28. The number of amides is 1. The van der Waals surface area contributed by atoms with Crippen molar-refractivity contribution in [2.45, 2.75) is 20.8 Å². The van der Waals surface area contributed by atoms with Gasteiger partial charge in [-0.25, -0.2) is 4.98 Å². The minimum Gasteiger partial charge on any atom is -0.394 e. The van der Waals surface area contributed by atoms with Crippen LogP contribution in [-0.4, -0.2) is 62.5 Å². The molecule has 8 nitrogen and oxygen atoms in total. The predicted molar refractivity (Wildman–Crippen MR) is 127 cm³/mol. The summed E-state index contributed by atoms with van der Waals surface area (Å²) in [5.74, 6) is 0.449. The molecule has 1 amide bonds. The molecule has 2 aromatic rings. The molecule has 0 spiro atoms. The van der Waals surface area contributed by atoms with Gasteiger partial charge in [0.1, 0.15) is 15.8 Å². The standard InChI is InChI=1S/C21H26N4O4S2/c1-13(2)12-25-20(28)16(31-21(25)30)11-15-17(22-6-9-29-10-8-26)23-18-14(3)5-4-7-24(18)19(15)27/h4-5,7,11,13,22,26H,6,8-10,12H2,1-3H3/b16-11-. The van der Waals surface area contributed by atoms with Crippen LogP contribution in [0.1, 0.15) is 25.0 Å². The maximum atomic E-state index is 13.3. The number of pyridine rings is 1. The number of hydrogen-bond donors (Lipinski definition) is 2. The highest BCUT2D eigenvalue weighted by atomic mass is 32.2. The zero-order chi connectivity index (χ0) is 22.5. The monoisotopic (exact) mass is 462 g/mol. The van der Waals surface area contributed by atoms with E-state index in [1.165, 1.54) is 16.2 Å². The summed E-state index contributed by atoms with van der Waals surface area (Å²) in [6.45, 7) is 7.36. The number of aromatic nitrogens is 2. The summed E-state index contributed by atoms with van der Waals surface area (Å²) in [6, 6.07) is 3.67. The Morgan fingerprint density at radius 1 is 1.35 bits per heavy atom. The fourth-order valence-electron chi connectivity index (χ4n) is 3.14. The van der Waals surface area contributed by atoms with Gasteiger partial charge in [0.2, 0.25) is 0 Å². The molecular formula is C21H26N4O4S2. The topological polar surface area (TPSA) is 96.2 Å². The molecular weight excluding hydrogens is 436 g/mol. The number of nitrogens with one attached hydrogen (secondary N) is 1. The van der Waals surface area contributed by atoms with Gasteiger partial charge in [-0.1, -0.05) is 43.9 Å². The number of thioether (sulfide) groups is 1. The van der Waals surface area contributed by atoms with Gasteiger partial charge in [0.25, 0.3) is 11.5 Å². The van der Waals surface area contributed by atoms with Crippen molar-refractivity contribution in [3.63, 3.8) is 0 Å². The fourth-order valence-corrected chi connectivity index (χ4v) is 4.40. The SMILES string of the molecule is Cc1cccn2c(=O)c(/C=C3\SC(=S)N(CC(C)C)C3=O)c(NCCOCCO)nc12. The summed E-state index contributed by atoms with van der Waals surface area (Å²) in [5.41, 5.74) is 1.40. The Kier molecular flexibility index (Phi) is 7.82. The lowest BCUT2D eigenvalue weighted by Gasteiger charge is -2.16. The Morgan fingerprint density at radius 3 is 2.84 bits per heavy atom. The number of thiocarbonyl (C=S) groups is 1. The second-order valence-electron chi connectivity index (χ2n) is 7.51. The number of carbonyl (C=O) groups is 1. The number of fused-ring (bicyclic) bond motifs is 1. The van der Waals surface area contributed by atoms with Crippen LogP contribution in [0.25, 0.3) is 11.7 Å². The van der Waals surface area contributed by atoms with Gasteiger partial charge in [-0.15, -0.1) is 0 Å². The van der Waals surface area contributed by atoms with Crippen molar-refractivity contribution in [3.8, 4) is 0 Å². The van der Waals surface area contributed by atoms with Gasteiger partial charge in [-0.2, -0.15) is 0 Å². The van der Waals surface area contributed by atoms with Crippen molar-refractivity contribution in [2.75, 3.05) is 38.2 Å². The van der Waals surface area contributed by atoms with Crippen LogP contribution in [0.15, 0.2) is 28.0 Å². The number of hydrogen-bond acceptors (Lipinski definition) is 8. The van der Waals surface area contributed by atoms with Gasteiger partial charge in [0.15, 0.2) is 0 Å². The normalized spacial score (nSPS) is 15.6. The molecule has 0 radical (unpaired) electrons. The van der Waals surface area contributed by atoms with E-state index < -0.39 is 0 Å². The minimum atomic E-state index is -0.276. The zero-order valence-corrected chi connectivity index (χ0v) is 19.4. The van der Waals surface area contributed by atoms with E-state index in [0.717, 1.165) is 5.56 Å². The maximum Gasteiger partial charge on any atom is 0.267 e. The first-order valence-electron chi connectivity index (χ1n) is 10.0. The molecule has 0 atom stereocenters. The molecule has 1 aliphatic heterocycles. The lowest BCUT2D eigenvalue weighted by Crippen LogP contribution is -2.31. The summed E-state index contributed by atoms with van der Waals surface area (Å²) in [4.78, 5) is 32.8. The highest BCUT2D eigenvalue weighted by Gasteiger charge is 2.32. The third-order valence-electron chi connectivity index (χ3n) is 4.56. The van der Waals surface area contributed by atoms with E-state index in [1.54, 1.807) is 23.2 Å². The molecule has 1 aliphatic rings. The van der Waals surface area contributed by atoms with Gasteiger partial charge < -0.3 is 15.2 Å². The molecule has 2 N–H and O–H groups in total. The van der Waals surface area contributed by atoms with Crippen molar-refractivity contribution in [3.05, 3.63) is 44.7 Å². The van der Waals surface area contributed by atoms with E-state index in [-0.39, 0.29) is 36.2 Å². The molecule has 0 unspecified atom stereocenters. The second kappa shape index (κ2) is 10.4. The number of ether oxygens (including phenoxy) is 1. The zero-order valence-electron chi connectivity index (χ0n) is 17.8. The van der Waals surface area contributed by atoms with Crippen LogP contribution in [0.4, 0.5) is 5.82 Å². The Labute approximate surface area is 190 Å². The van der Waals surface area contributed by atoms with E-state index >= 15 is 0 Å². The van der Waals surface area contributed by atoms with Gasteiger partial charge >= 0.3 is 0 Å². The summed E-state index contributed by atoms with van der Waals surface area (Å²) in [6.07, 6.45) is 3.23. The number of anilines is 1. The number of aliphatic hydroxyl groups excluding tert-OH is 1. The molecule has 166 valence electrons. The van der Waals surface area contributed by atoms with E-state index in [0.29, 0.717) is 40.4 Å². The van der Waals surface area contributed by atoms with Crippen molar-refractivity contribution in [1.82, 2.24) is 14.3 Å². The van der Waals surface area contributed by atoms with E-state index in [1.807, 2.05) is 26.8 Å². The number of aryl methyl sites for hydroxylation is 1. The molecule has 31 heavy (non-hydrogen) atoms. The molecule has 1 fully saturated rings. The minimum absolute atomic E-state index is 0.0573.